The van der Waals surface area contributed by atoms with Crippen LogP contribution in [0.4, 0.5) is 0 Å². The molecular weight excluding hydrogens is 368 g/mol. The second-order valence-electron chi connectivity index (χ2n) is 6.06. The van der Waals surface area contributed by atoms with Crippen LogP contribution in [0.15, 0.2) is 35.2 Å². The topological polar surface area (TPSA) is 121 Å². The molecule has 2 rings (SSSR count). The van der Waals surface area contributed by atoms with Crippen molar-refractivity contribution in [3.8, 4) is 0 Å². The molecule has 1 saturated heterocycles. The summed E-state index contributed by atoms with van der Waals surface area (Å²) in [5.74, 6) is -2.17. The van der Waals surface area contributed by atoms with Crippen LogP contribution in [0.3, 0.4) is 0 Å². The summed E-state index contributed by atoms with van der Waals surface area (Å²) in [5, 5.41) is 9.10. The van der Waals surface area contributed by atoms with E-state index in [4.69, 9.17) is 5.11 Å². The van der Waals surface area contributed by atoms with E-state index in [1.807, 2.05) is 0 Å². The smallest absolute Gasteiger partial charge is 0.307 e. The van der Waals surface area contributed by atoms with E-state index in [0.717, 1.165) is 0 Å². The van der Waals surface area contributed by atoms with E-state index in [1.54, 1.807) is 25.1 Å². The van der Waals surface area contributed by atoms with Crippen molar-refractivity contribution in [1.82, 2.24) is 9.03 Å². The van der Waals surface area contributed by atoms with Gasteiger partial charge >= 0.3 is 5.97 Å². The number of carboxylic acid groups (broad SMARTS) is 1. The average molecular weight is 390 g/mol. The maximum atomic E-state index is 12.5. The minimum Gasteiger partial charge on any atom is -0.481 e. The van der Waals surface area contributed by atoms with Gasteiger partial charge in [-0.3, -0.25) is 4.79 Å². The first-order valence-electron chi connectivity index (χ1n) is 7.90. The van der Waals surface area contributed by atoms with Gasteiger partial charge < -0.3 is 5.11 Å². The van der Waals surface area contributed by atoms with E-state index in [9.17, 15) is 21.6 Å². The summed E-state index contributed by atoms with van der Waals surface area (Å²) in [6, 6.07) is 7.37. The maximum Gasteiger partial charge on any atom is 0.307 e. The van der Waals surface area contributed by atoms with Crippen molar-refractivity contribution in [2.24, 2.45) is 5.92 Å². The molecule has 1 fully saturated rings. The molecule has 10 heteroatoms. The number of hydrogen-bond donors (Lipinski definition) is 2. The zero-order chi connectivity index (χ0) is 18.7. The molecule has 1 aliphatic heterocycles. The Morgan fingerprint density at radius 2 is 1.84 bits per heavy atom. The molecule has 0 spiro atoms. The number of rotatable bonds is 7. The fourth-order valence-corrected chi connectivity index (χ4v) is 5.61. The molecular formula is C15H22N2O6S2. The van der Waals surface area contributed by atoms with Crippen molar-refractivity contribution in [3.63, 3.8) is 0 Å². The molecule has 0 amide bonds. The van der Waals surface area contributed by atoms with Gasteiger partial charge in [-0.2, -0.15) is 4.31 Å². The van der Waals surface area contributed by atoms with Crippen molar-refractivity contribution in [1.29, 1.82) is 0 Å². The number of nitrogens with one attached hydrogen (secondary N) is 1. The fraction of sp³-hybridized carbons (Fsp3) is 0.533. The zero-order valence-corrected chi connectivity index (χ0v) is 15.5. The lowest BCUT2D eigenvalue weighted by Crippen LogP contribution is -2.49. The Balaban J connectivity index is 2.00. The van der Waals surface area contributed by atoms with Gasteiger partial charge in [0.25, 0.3) is 0 Å². The van der Waals surface area contributed by atoms with Crippen molar-refractivity contribution in [2.75, 3.05) is 18.8 Å². The van der Waals surface area contributed by atoms with E-state index in [0.29, 0.717) is 12.8 Å². The lowest BCUT2D eigenvalue weighted by molar-refractivity contribution is -0.143. The molecule has 1 aliphatic rings. The van der Waals surface area contributed by atoms with Gasteiger partial charge in [0.1, 0.15) is 0 Å². The first-order valence-corrected chi connectivity index (χ1v) is 11.0. The van der Waals surface area contributed by atoms with Crippen LogP contribution in [0.1, 0.15) is 19.8 Å². The third-order valence-electron chi connectivity index (χ3n) is 4.24. The van der Waals surface area contributed by atoms with Crippen LogP contribution in [0.2, 0.25) is 0 Å². The fourth-order valence-electron chi connectivity index (χ4n) is 2.77. The van der Waals surface area contributed by atoms with Crippen LogP contribution in [-0.2, 0) is 24.8 Å². The summed E-state index contributed by atoms with van der Waals surface area (Å²) in [6.45, 7) is 1.37. The summed E-state index contributed by atoms with van der Waals surface area (Å²) in [4.78, 5) is 11.2. The SMILES string of the molecule is CC1CCC(C(=O)O)CN1S(=O)(=O)CCNS(=O)(=O)c1ccccc1. The highest BCUT2D eigenvalue weighted by molar-refractivity contribution is 7.90. The van der Waals surface area contributed by atoms with Gasteiger partial charge in [-0.15, -0.1) is 0 Å². The molecule has 1 heterocycles. The van der Waals surface area contributed by atoms with Gasteiger partial charge in [-0.05, 0) is 31.9 Å². The number of piperidine rings is 1. The van der Waals surface area contributed by atoms with Gasteiger partial charge in [-0.25, -0.2) is 21.6 Å². The van der Waals surface area contributed by atoms with E-state index in [-0.39, 0.29) is 24.0 Å². The Hall–Kier alpha value is -1.49. The normalized spacial score (nSPS) is 22.6. The Bertz CT molecular complexity index is 808. The predicted molar refractivity (Wildman–Crippen MR) is 91.9 cm³/mol. The van der Waals surface area contributed by atoms with Crippen LogP contribution in [0.5, 0.6) is 0 Å². The van der Waals surface area contributed by atoms with Crippen LogP contribution >= 0.6 is 0 Å². The number of sulfonamides is 2. The standard InChI is InChI=1S/C15H22N2O6S2/c1-12-7-8-13(15(18)19)11-17(12)24(20,21)10-9-16-25(22,23)14-5-3-2-4-6-14/h2-6,12-13,16H,7-11H2,1H3,(H,18,19). The van der Waals surface area contributed by atoms with E-state index < -0.39 is 37.7 Å². The van der Waals surface area contributed by atoms with Crippen LogP contribution in [-0.4, -0.2) is 57.1 Å². The number of aliphatic carboxylic acids is 1. The first kappa shape index (κ1) is 19.8. The van der Waals surface area contributed by atoms with Crippen molar-refractivity contribution >= 4 is 26.0 Å². The first-order chi connectivity index (χ1) is 11.6. The molecule has 0 bridgehead atoms. The largest absolute Gasteiger partial charge is 0.481 e. The van der Waals surface area contributed by atoms with Crippen LogP contribution < -0.4 is 4.72 Å². The summed E-state index contributed by atoms with van der Waals surface area (Å²) in [5.41, 5.74) is 0. The third-order valence-corrected chi connectivity index (χ3v) is 7.66. The van der Waals surface area contributed by atoms with E-state index in [1.165, 1.54) is 16.4 Å². The second kappa shape index (κ2) is 7.81. The van der Waals surface area contributed by atoms with Gasteiger partial charge in [0.2, 0.25) is 20.0 Å². The molecule has 2 N–H and O–H groups in total. The van der Waals surface area contributed by atoms with Crippen molar-refractivity contribution in [2.45, 2.75) is 30.7 Å². The summed E-state index contributed by atoms with van der Waals surface area (Å²) in [6.07, 6.45) is 0.898. The lowest BCUT2D eigenvalue weighted by atomic mass is 9.96. The quantitative estimate of drug-likeness (QED) is 0.698. The molecule has 8 nitrogen and oxygen atoms in total. The highest BCUT2D eigenvalue weighted by atomic mass is 32.2. The van der Waals surface area contributed by atoms with Crippen LogP contribution in [0, 0.1) is 5.92 Å². The van der Waals surface area contributed by atoms with E-state index in [2.05, 4.69) is 4.72 Å². The Kier molecular flexibility index (Phi) is 6.20. The Morgan fingerprint density at radius 3 is 2.44 bits per heavy atom. The van der Waals surface area contributed by atoms with Crippen molar-refractivity contribution in [3.05, 3.63) is 30.3 Å². The third kappa shape index (κ3) is 5.00. The predicted octanol–water partition coefficient (Wildman–Crippen LogP) is 0.480. The van der Waals surface area contributed by atoms with Gasteiger partial charge in [0, 0.05) is 19.1 Å². The van der Waals surface area contributed by atoms with Gasteiger partial charge in [0.05, 0.1) is 16.6 Å². The maximum absolute atomic E-state index is 12.5. The molecule has 1 aromatic carbocycles. The summed E-state index contributed by atoms with van der Waals surface area (Å²) < 4.78 is 52.6. The molecule has 0 saturated carbocycles. The van der Waals surface area contributed by atoms with Gasteiger partial charge in [0.15, 0.2) is 0 Å². The molecule has 1 aromatic rings. The molecule has 0 radical (unpaired) electrons. The molecule has 25 heavy (non-hydrogen) atoms. The van der Waals surface area contributed by atoms with Crippen LogP contribution in [0.25, 0.3) is 0 Å². The molecule has 0 aromatic heterocycles. The highest BCUT2D eigenvalue weighted by Gasteiger charge is 2.36. The van der Waals surface area contributed by atoms with E-state index >= 15 is 0 Å². The summed E-state index contributed by atoms with van der Waals surface area (Å²) in [7, 11) is -7.54. The van der Waals surface area contributed by atoms with Gasteiger partial charge in [-0.1, -0.05) is 18.2 Å². The molecule has 2 unspecified atom stereocenters. The Labute approximate surface area is 147 Å². The number of benzene rings is 1. The second-order valence-corrected chi connectivity index (χ2v) is 9.87. The number of hydrogen-bond acceptors (Lipinski definition) is 5. The number of carbonyl (C=O) groups is 1. The number of nitrogens with zero attached hydrogens (tertiary/aromatic N) is 1. The molecule has 2 atom stereocenters. The Morgan fingerprint density at radius 1 is 1.20 bits per heavy atom. The average Bonchev–Trinajstić information content (AvgIpc) is 2.55. The molecule has 0 aliphatic carbocycles. The highest BCUT2D eigenvalue weighted by Crippen LogP contribution is 2.25. The molecule has 140 valence electrons. The lowest BCUT2D eigenvalue weighted by Gasteiger charge is -2.35. The van der Waals surface area contributed by atoms with Crippen molar-refractivity contribution < 1.29 is 26.7 Å². The number of carboxylic acids is 1. The minimum absolute atomic E-state index is 0.0599. The monoisotopic (exact) mass is 390 g/mol. The zero-order valence-electron chi connectivity index (χ0n) is 13.8. The minimum atomic E-state index is -3.78. The summed E-state index contributed by atoms with van der Waals surface area (Å²) >= 11 is 0.